The first kappa shape index (κ1) is 24.8. The summed E-state index contributed by atoms with van der Waals surface area (Å²) in [4.78, 5) is 0. The Bertz CT molecular complexity index is 307. The van der Waals surface area contributed by atoms with Gasteiger partial charge in [0, 0.05) is 5.75 Å². The summed E-state index contributed by atoms with van der Waals surface area (Å²) in [6.07, 6.45) is 12.4. The van der Waals surface area contributed by atoms with Crippen molar-refractivity contribution in [2.75, 3.05) is 5.75 Å². The molecule has 0 amide bonds. The largest absolute Gasteiger partial charge is 1.00 e. The van der Waals surface area contributed by atoms with E-state index in [-0.39, 0.29) is 57.8 Å². The van der Waals surface area contributed by atoms with Crippen LogP contribution in [0.3, 0.4) is 0 Å². The second-order valence-electron chi connectivity index (χ2n) is 5.67. The van der Waals surface area contributed by atoms with Gasteiger partial charge in [0.05, 0.1) is 16.2 Å². The third-order valence-corrected chi connectivity index (χ3v) is 4.33. The molecule has 0 aliphatic carbocycles. The Morgan fingerprint density at radius 2 is 1.29 bits per heavy atom. The van der Waals surface area contributed by atoms with Gasteiger partial charge in [-0.15, -0.1) is 0 Å². The average Bonchev–Trinajstić information content (AvgIpc) is 2.38. The summed E-state index contributed by atoms with van der Waals surface area (Å²) in [6.45, 7) is 2.22. The summed E-state index contributed by atoms with van der Waals surface area (Å²) in [5.41, 5.74) is 0. The van der Waals surface area contributed by atoms with E-state index < -0.39 is 22.0 Å². The van der Waals surface area contributed by atoms with E-state index in [0.717, 1.165) is 12.8 Å². The van der Waals surface area contributed by atoms with Crippen LogP contribution in [0.15, 0.2) is 0 Å². The van der Waals surface area contributed by atoms with Crippen molar-refractivity contribution >= 4 is 10.1 Å². The smallest absolute Gasteiger partial charge is 0.748 e. The van der Waals surface area contributed by atoms with E-state index in [1.807, 2.05) is 0 Å². The molecule has 122 valence electrons. The molecule has 0 heterocycles. The van der Waals surface area contributed by atoms with Gasteiger partial charge in [-0.2, -0.15) is 0 Å². The molecular weight excluding hydrogens is 315 g/mol. The Kier molecular flexibility index (Phi) is 19.3. The summed E-state index contributed by atoms with van der Waals surface area (Å²) in [5.74, 6) is -0.452. The first-order valence-electron chi connectivity index (χ1n) is 8.07. The fraction of sp³-hybridized carbons (Fsp3) is 1.00. The third-order valence-electron chi connectivity index (χ3n) is 3.59. The second-order valence-corrected chi connectivity index (χ2v) is 7.20. The molecule has 0 fully saturated rings. The van der Waals surface area contributed by atoms with Gasteiger partial charge in [-0.3, -0.25) is 0 Å². The first-order chi connectivity index (χ1) is 9.45. The molecule has 1 N–H and O–H groups in total. The molecule has 0 saturated carbocycles. The molecule has 0 rings (SSSR count). The average molecular weight is 347 g/mol. The SMILES string of the molecule is CCCCCCCCCCCCC(O)CCS(=O)(=O)[O-].[K+]. The minimum atomic E-state index is -4.18. The molecular formula is C15H31KO4S. The van der Waals surface area contributed by atoms with Gasteiger partial charge in [0.25, 0.3) is 0 Å². The molecule has 1 atom stereocenters. The quantitative estimate of drug-likeness (QED) is 0.284. The van der Waals surface area contributed by atoms with Crippen molar-refractivity contribution in [1.82, 2.24) is 0 Å². The molecule has 0 bridgehead atoms. The van der Waals surface area contributed by atoms with Crippen molar-refractivity contribution in [3.63, 3.8) is 0 Å². The van der Waals surface area contributed by atoms with E-state index in [4.69, 9.17) is 0 Å². The van der Waals surface area contributed by atoms with E-state index in [1.54, 1.807) is 0 Å². The van der Waals surface area contributed by atoms with Gasteiger partial charge in [-0.25, -0.2) is 8.42 Å². The predicted molar refractivity (Wildman–Crippen MR) is 81.6 cm³/mol. The molecule has 21 heavy (non-hydrogen) atoms. The second kappa shape index (κ2) is 16.4. The van der Waals surface area contributed by atoms with Gasteiger partial charge in [-0.05, 0) is 12.8 Å². The summed E-state index contributed by atoms with van der Waals surface area (Å²) < 4.78 is 31.2. The fourth-order valence-corrected chi connectivity index (χ4v) is 2.85. The van der Waals surface area contributed by atoms with E-state index in [9.17, 15) is 18.1 Å². The molecule has 0 aliphatic rings. The van der Waals surface area contributed by atoms with Crippen LogP contribution < -0.4 is 51.4 Å². The topological polar surface area (TPSA) is 77.4 Å². The van der Waals surface area contributed by atoms with Gasteiger partial charge in [0.1, 0.15) is 0 Å². The van der Waals surface area contributed by atoms with Crippen molar-refractivity contribution in [2.45, 2.75) is 90.1 Å². The molecule has 4 nitrogen and oxygen atoms in total. The van der Waals surface area contributed by atoms with Crippen molar-refractivity contribution in [3.05, 3.63) is 0 Å². The Balaban J connectivity index is 0. The maximum Gasteiger partial charge on any atom is 1.00 e. The summed E-state index contributed by atoms with van der Waals surface area (Å²) in [7, 11) is -4.18. The van der Waals surface area contributed by atoms with Crippen LogP contribution in [0.4, 0.5) is 0 Å². The van der Waals surface area contributed by atoms with Gasteiger partial charge < -0.3 is 9.66 Å². The molecule has 0 aromatic heterocycles. The van der Waals surface area contributed by atoms with Gasteiger partial charge >= 0.3 is 51.4 Å². The summed E-state index contributed by atoms with van der Waals surface area (Å²) in [6, 6.07) is 0. The maximum atomic E-state index is 10.4. The zero-order chi connectivity index (χ0) is 15.3. The van der Waals surface area contributed by atoms with Crippen molar-refractivity contribution in [3.8, 4) is 0 Å². The Hall–Kier alpha value is 1.51. The number of hydrogen-bond donors (Lipinski definition) is 1. The molecule has 0 radical (unpaired) electrons. The Morgan fingerprint density at radius 3 is 1.71 bits per heavy atom. The normalized spacial score (nSPS) is 12.9. The predicted octanol–water partition coefficient (Wildman–Crippen LogP) is 0.598. The monoisotopic (exact) mass is 346 g/mol. The minimum absolute atomic E-state index is 0. The van der Waals surface area contributed by atoms with Crippen LogP contribution >= 0.6 is 0 Å². The van der Waals surface area contributed by atoms with Crippen LogP contribution in [-0.2, 0) is 10.1 Å². The third kappa shape index (κ3) is 21.5. The van der Waals surface area contributed by atoms with Crippen molar-refractivity contribution in [1.29, 1.82) is 0 Å². The van der Waals surface area contributed by atoms with Crippen molar-refractivity contribution < 1.29 is 69.5 Å². The van der Waals surface area contributed by atoms with Crippen LogP contribution in [0, 0.1) is 0 Å². The molecule has 0 aliphatic heterocycles. The minimum Gasteiger partial charge on any atom is -0.748 e. The first-order valence-corrected chi connectivity index (χ1v) is 9.65. The van der Waals surface area contributed by atoms with Crippen LogP contribution in [0.25, 0.3) is 0 Å². The summed E-state index contributed by atoms with van der Waals surface area (Å²) in [5, 5.41) is 9.53. The van der Waals surface area contributed by atoms with Crippen LogP contribution in [0.5, 0.6) is 0 Å². The van der Waals surface area contributed by atoms with Gasteiger partial charge in [-0.1, -0.05) is 71.1 Å². The van der Waals surface area contributed by atoms with Crippen molar-refractivity contribution in [2.24, 2.45) is 0 Å². The number of aliphatic hydroxyl groups excluding tert-OH is 1. The number of rotatable bonds is 14. The van der Waals surface area contributed by atoms with Crippen LogP contribution in [-0.4, -0.2) is 29.9 Å². The van der Waals surface area contributed by atoms with E-state index in [0.29, 0.717) is 6.42 Å². The number of aliphatic hydroxyl groups is 1. The van der Waals surface area contributed by atoms with E-state index >= 15 is 0 Å². The fourth-order valence-electron chi connectivity index (χ4n) is 2.29. The molecule has 0 spiro atoms. The van der Waals surface area contributed by atoms with E-state index in [1.165, 1.54) is 51.4 Å². The molecule has 0 saturated heterocycles. The van der Waals surface area contributed by atoms with E-state index in [2.05, 4.69) is 6.92 Å². The van der Waals surface area contributed by atoms with Gasteiger partial charge in [0.2, 0.25) is 0 Å². The number of unbranched alkanes of at least 4 members (excludes halogenated alkanes) is 9. The molecule has 0 aromatic rings. The molecule has 0 aromatic carbocycles. The summed E-state index contributed by atoms with van der Waals surface area (Å²) >= 11 is 0. The Morgan fingerprint density at radius 1 is 0.857 bits per heavy atom. The number of hydrogen-bond acceptors (Lipinski definition) is 4. The molecule has 6 heteroatoms. The Labute approximate surface area is 173 Å². The zero-order valence-corrected chi connectivity index (χ0v) is 17.8. The van der Waals surface area contributed by atoms with Crippen LogP contribution in [0.2, 0.25) is 0 Å². The van der Waals surface area contributed by atoms with Gasteiger partial charge in [0.15, 0.2) is 0 Å². The maximum absolute atomic E-state index is 10.4. The van der Waals surface area contributed by atoms with Crippen LogP contribution in [0.1, 0.15) is 84.0 Å². The molecule has 1 unspecified atom stereocenters. The standard InChI is InChI=1S/C15H32O4S.K/c1-2-3-4-5-6-7-8-9-10-11-12-15(16)13-14-20(17,18)19;/h15-16H,2-14H2,1H3,(H,17,18,19);/q;+1/p-1. The zero-order valence-electron chi connectivity index (χ0n) is 13.8.